The van der Waals surface area contributed by atoms with Crippen LogP contribution in [0.15, 0.2) is 48.9 Å². The van der Waals surface area contributed by atoms with Crippen LogP contribution in [0.1, 0.15) is 5.56 Å². The van der Waals surface area contributed by atoms with E-state index in [0.717, 1.165) is 46.5 Å². The first-order valence-corrected chi connectivity index (χ1v) is 10.1. The molecule has 1 aliphatic heterocycles. The lowest BCUT2D eigenvalue weighted by Gasteiger charge is -2.28. The summed E-state index contributed by atoms with van der Waals surface area (Å²) in [5.41, 5.74) is 9.90. The van der Waals surface area contributed by atoms with Crippen molar-refractivity contribution in [3.63, 3.8) is 0 Å². The van der Waals surface area contributed by atoms with Crippen LogP contribution in [0, 0.1) is 6.92 Å². The largest absolute Gasteiger partial charge is 0.378 e. The number of fused-ring (bicyclic) bond motifs is 1. The van der Waals surface area contributed by atoms with Gasteiger partial charge in [0.25, 0.3) is 0 Å². The van der Waals surface area contributed by atoms with Gasteiger partial charge in [0.15, 0.2) is 0 Å². The SMILES string of the molecule is Cc1c(Nc2cnc3ccccc3c2)nc(N2CCOCC2)nc1-c1cnc(N)nc1. The minimum absolute atomic E-state index is 0.226. The molecule has 1 aromatic carbocycles. The molecular weight excluding hydrogens is 392 g/mol. The topological polar surface area (TPSA) is 115 Å². The molecule has 1 fully saturated rings. The number of anilines is 4. The van der Waals surface area contributed by atoms with E-state index in [2.05, 4.69) is 31.2 Å². The summed E-state index contributed by atoms with van der Waals surface area (Å²) in [5, 5.41) is 4.48. The molecule has 1 saturated heterocycles. The zero-order valence-electron chi connectivity index (χ0n) is 17.1. The van der Waals surface area contributed by atoms with Crippen molar-refractivity contribution in [1.82, 2.24) is 24.9 Å². The van der Waals surface area contributed by atoms with Gasteiger partial charge < -0.3 is 20.7 Å². The number of nitrogens with two attached hydrogens (primary N) is 1. The number of hydrogen-bond acceptors (Lipinski definition) is 9. The molecule has 3 aromatic heterocycles. The molecule has 9 nitrogen and oxygen atoms in total. The van der Waals surface area contributed by atoms with Gasteiger partial charge in [0.2, 0.25) is 11.9 Å². The molecule has 4 aromatic rings. The molecule has 156 valence electrons. The molecule has 0 bridgehead atoms. The highest BCUT2D eigenvalue weighted by atomic mass is 16.5. The number of pyridine rings is 1. The van der Waals surface area contributed by atoms with Crippen molar-refractivity contribution < 1.29 is 4.74 Å². The van der Waals surface area contributed by atoms with Gasteiger partial charge in [-0.3, -0.25) is 4.98 Å². The number of morpholine rings is 1. The van der Waals surface area contributed by atoms with Gasteiger partial charge >= 0.3 is 0 Å². The van der Waals surface area contributed by atoms with E-state index in [0.29, 0.717) is 25.0 Å². The van der Waals surface area contributed by atoms with Crippen LogP contribution < -0.4 is 16.0 Å². The Balaban J connectivity index is 1.58. The van der Waals surface area contributed by atoms with E-state index in [1.165, 1.54) is 0 Å². The first-order chi connectivity index (χ1) is 15.2. The maximum Gasteiger partial charge on any atom is 0.228 e. The molecule has 0 saturated carbocycles. The second kappa shape index (κ2) is 8.11. The predicted octanol–water partition coefficient (Wildman–Crippen LogP) is 2.95. The van der Waals surface area contributed by atoms with E-state index in [9.17, 15) is 0 Å². The molecule has 0 spiro atoms. The van der Waals surface area contributed by atoms with Crippen molar-refractivity contribution in [2.24, 2.45) is 0 Å². The van der Waals surface area contributed by atoms with Crippen molar-refractivity contribution in [2.45, 2.75) is 6.92 Å². The van der Waals surface area contributed by atoms with Gasteiger partial charge in [-0.25, -0.2) is 15.0 Å². The van der Waals surface area contributed by atoms with Crippen LogP contribution in [0.5, 0.6) is 0 Å². The monoisotopic (exact) mass is 414 g/mol. The van der Waals surface area contributed by atoms with Crippen molar-refractivity contribution in [3.8, 4) is 11.3 Å². The summed E-state index contributed by atoms with van der Waals surface area (Å²) in [6, 6.07) is 10.1. The molecule has 9 heteroatoms. The van der Waals surface area contributed by atoms with Crippen LogP contribution >= 0.6 is 0 Å². The number of rotatable bonds is 4. The van der Waals surface area contributed by atoms with Crippen molar-refractivity contribution in [1.29, 1.82) is 0 Å². The zero-order valence-corrected chi connectivity index (χ0v) is 17.1. The van der Waals surface area contributed by atoms with Gasteiger partial charge in [-0.2, -0.15) is 4.98 Å². The molecule has 1 aliphatic rings. The van der Waals surface area contributed by atoms with Crippen molar-refractivity contribution >= 4 is 34.3 Å². The Labute approximate surface area is 179 Å². The van der Waals surface area contributed by atoms with Crippen LogP contribution in [0.3, 0.4) is 0 Å². The Kier molecular flexibility index (Phi) is 5.01. The van der Waals surface area contributed by atoms with Gasteiger partial charge in [-0.1, -0.05) is 18.2 Å². The minimum Gasteiger partial charge on any atom is -0.378 e. The Morgan fingerprint density at radius 1 is 1.00 bits per heavy atom. The van der Waals surface area contributed by atoms with Gasteiger partial charge in [-0.15, -0.1) is 0 Å². The second-order valence-corrected chi connectivity index (χ2v) is 7.32. The maximum absolute atomic E-state index is 5.67. The van der Waals surface area contributed by atoms with Crippen molar-refractivity contribution in [3.05, 3.63) is 54.5 Å². The van der Waals surface area contributed by atoms with E-state index in [-0.39, 0.29) is 5.95 Å². The zero-order chi connectivity index (χ0) is 21.2. The number of aromatic nitrogens is 5. The number of hydrogen-bond donors (Lipinski definition) is 2. The van der Waals surface area contributed by atoms with Gasteiger partial charge in [0, 0.05) is 42.0 Å². The third-order valence-electron chi connectivity index (χ3n) is 5.23. The quantitative estimate of drug-likeness (QED) is 0.520. The summed E-state index contributed by atoms with van der Waals surface area (Å²) >= 11 is 0. The normalized spacial score (nSPS) is 14.0. The van der Waals surface area contributed by atoms with Crippen LogP contribution in [-0.2, 0) is 4.74 Å². The maximum atomic E-state index is 5.67. The highest BCUT2D eigenvalue weighted by molar-refractivity contribution is 5.83. The number of nitrogen functional groups attached to an aromatic ring is 1. The predicted molar refractivity (Wildman–Crippen MR) is 120 cm³/mol. The summed E-state index contributed by atoms with van der Waals surface area (Å²) in [6.45, 7) is 4.74. The highest BCUT2D eigenvalue weighted by Gasteiger charge is 2.19. The summed E-state index contributed by atoms with van der Waals surface area (Å²) < 4.78 is 5.48. The third-order valence-corrected chi connectivity index (χ3v) is 5.23. The first-order valence-electron chi connectivity index (χ1n) is 10.1. The molecule has 31 heavy (non-hydrogen) atoms. The van der Waals surface area contributed by atoms with E-state index in [4.69, 9.17) is 20.4 Å². The molecule has 4 heterocycles. The average Bonchev–Trinajstić information content (AvgIpc) is 2.81. The molecule has 5 rings (SSSR count). The van der Waals surface area contributed by atoms with Crippen LogP contribution in [0.2, 0.25) is 0 Å². The first kappa shape index (κ1) is 19.1. The number of ether oxygens (including phenoxy) is 1. The molecule has 3 N–H and O–H groups in total. The summed E-state index contributed by atoms with van der Waals surface area (Å²) in [6.07, 6.45) is 5.18. The van der Waals surface area contributed by atoms with E-state index < -0.39 is 0 Å². The number of benzene rings is 1. The van der Waals surface area contributed by atoms with Crippen LogP contribution in [0.4, 0.5) is 23.4 Å². The Morgan fingerprint density at radius 2 is 1.77 bits per heavy atom. The summed E-state index contributed by atoms with van der Waals surface area (Å²) in [4.78, 5) is 24.6. The fourth-order valence-corrected chi connectivity index (χ4v) is 3.55. The molecule has 0 atom stereocenters. The standard InChI is InChI=1S/C22H22N8O/c1-14-19(16-11-25-21(23)26-12-16)28-22(30-6-8-31-9-7-30)29-20(14)27-17-10-15-4-2-3-5-18(15)24-13-17/h2-5,10-13H,6-9H2,1H3,(H2,23,25,26)(H,27,28,29). The number of nitrogens with one attached hydrogen (secondary N) is 1. The lowest BCUT2D eigenvalue weighted by atomic mass is 10.1. The minimum atomic E-state index is 0.226. The number of nitrogens with zero attached hydrogens (tertiary/aromatic N) is 6. The summed E-state index contributed by atoms with van der Waals surface area (Å²) in [7, 11) is 0. The van der Waals surface area contributed by atoms with Crippen LogP contribution in [0.25, 0.3) is 22.2 Å². The van der Waals surface area contributed by atoms with Gasteiger partial charge in [0.05, 0.1) is 36.3 Å². The van der Waals surface area contributed by atoms with Crippen molar-refractivity contribution in [2.75, 3.05) is 42.3 Å². The fourth-order valence-electron chi connectivity index (χ4n) is 3.55. The Bertz CT molecular complexity index is 1220. The molecule has 0 amide bonds. The lowest BCUT2D eigenvalue weighted by Crippen LogP contribution is -2.37. The Morgan fingerprint density at radius 3 is 2.58 bits per heavy atom. The molecule has 0 aliphatic carbocycles. The average molecular weight is 414 g/mol. The Hall–Kier alpha value is -3.85. The number of para-hydroxylation sites is 1. The van der Waals surface area contributed by atoms with Gasteiger partial charge in [-0.05, 0) is 19.1 Å². The van der Waals surface area contributed by atoms with Gasteiger partial charge in [0.1, 0.15) is 5.82 Å². The van der Waals surface area contributed by atoms with E-state index in [1.54, 1.807) is 12.4 Å². The molecular formula is C22H22N8O. The highest BCUT2D eigenvalue weighted by Crippen LogP contribution is 2.30. The van der Waals surface area contributed by atoms with E-state index >= 15 is 0 Å². The fraction of sp³-hybridized carbons (Fsp3) is 0.227. The van der Waals surface area contributed by atoms with E-state index in [1.807, 2.05) is 37.4 Å². The summed E-state index contributed by atoms with van der Waals surface area (Å²) in [5.74, 6) is 1.57. The molecule has 0 radical (unpaired) electrons. The lowest BCUT2D eigenvalue weighted by molar-refractivity contribution is 0.122. The second-order valence-electron chi connectivity index (χ2n) is 7.32. The molecule has 0 unspecified atom stereocenters. The smallest absolute Gasteiger partial charge is 0.228 e. The van der Waals surface area contributed by atoms with Crippen LogP contribution in [-0.4, -0.2) is 51.2 Å². The third kappa shape index (κ3) is 3.95.